The quantitative estimate of drug-likeness (QED) is 0.278. The minimum absolute atomic E-state index is 0. The average Bonchev–Trinajstić information content (AvgIpc) is 2.65. The number of unbranched alkanes of at least 4 members (excludes halogenated alkanes) is 10. The minimum Gasteiger partial charge on any atom is -0.744 e. The summed E-state index contributed by atoms with van der Waals surface area (Å²) in [4.78, 5) is -0.0479. The second kappa shape index (κ2) is 14.3. The van der Waals surface area contributed by atoms with Gasteiger partial charge in [-0.25, -0.2) is 8.42 Å². The molecule has 0 aliphatic carbocycles. The predicted molar refractivity (Wildman–Crippen MR) is 112 cm³/mol. The monoisotopic (exact) mass is 428 g/mol. The van der Waals surface area contributed by atoms with Gasteiger partial charge in [-0.3, -0.25) is 0 Å². The zero-order valence-electron chi connectivity index (χ0n) is 17.6. The van der Waals surface area contributed by atoms with Crippen LogP contribution in [0.4, 0.5) is 0 Å². The molecule has 5 heteroatoms. The van der Waals surface area contributed by atoms with Crippen LogP contribution < -0.4 is 51.4 Å². The molecule has 0 bridgehead atoms. The molecule has 0 spiro atoms. The van der Waals surface area contributed by atoms with E-state index in [1.165, 1.54) is 63.9 Å². The largest absolute Gasteiger partial charge is 1.00 e. The van der Waals surface area contributed by atoms with E-state index in [9.17, 15) is 13.0 Å². The van der Waals surface area contributed by atoms with Crippen molar-refractivity contribution in [2.75, 3.05) is 0 Å². The van der Waals surface area contributed by atoms with Crippen LogP contribution >= 0.6 is 0 Å². The molecule has 0 fully saturated rings. The molecular weight excluding hydrogens is 395 g/mol. The molecular formula is C23H33KO3S. The first-order valence-corrected chi connectivity index (χ1v) is 11.9. The normalized spacial score (nSPS) is 11.5. The van der Waals surface area contributed by atoms with Crippen LogP contribution in [0.1, 0.15) is 83.1 Å². The smallest absolute Gasteiger partial charge is 0.744 e. The van der Waals surface area contributed by atoms with Crippen LogP contribution in [0.15, 0.2) is 41.3 Å². The van der Waals surface area contributed by atoms with Crippen molar-refractivity contribution >= 4 is 20.9 Å². The third-order valence-corrected chi connectivity index (χ3v) is 6.22. The van der Waals surface area contributed by atoms with Crippen molar-refractivity contribution in [3.05, 3.63) is 42.0 Å². The maximum Gasteiger partial charge on any atom is 1.00 e. The third-order valence-electron chi connectivity index (χ3n) is 5.30. The van der Waals surface area contributed by atoms with Crippen molar-refractivity contribution < 1.29 is 64.4 Å². The van der Waals surface area contributed by atoms with Gasteiger partial charge in [-0.05, 0) is 35.2 Å². The molecule has 3 nitrogen and oxygen atoms in total. The molecule has 28 heavy (non-hydrogen) atoms. The van der Waals surface area contributed by atoms with Crippen LogP contribution in [0.25, 0.3) is 10.8 Å². The molecule has 0 saturated heterocycles. The van der Waals surface area contributed by atoms with Gasteiger partial charge in [0.1, 0.15) is 10.1 Å². The Labute approximate surface area is 213 Å². The molecule has 0 aromatic heterocycles. The van der Waals surface area contributed by atoms with Crippen LogP contribution in [0.5, 0.6) is 0 Å². The van der Waals surface area contributed by atoms with E-state index in [0.717, 1.165) is 23.6 Å². The van der Waals surface area contributed by atoms with Crippen LogP contribution in [-0.4, -0.2) is 13.0 Å². The van der Waals surface area contributed by atoms with Crippen LogP contribution in [0, 0.1) is 0 Å². The molecule has 0 radical (unpaired) electrons. The van der Waals surface area contributed by atoms with E-state index in [2.05, 4.69) is 6.92 Å². The maximum atomic E-state index is 11.6. The van der Waals surface area contributed by atoms with Crippen LogP contribution in [0.2, 0.25) is 0 Å². The molecule has 150 valence electrons. The summed E-state index contributed by atoms with van der Waals surface area (Å²) in [7, 11) is -4.44. The van der Waals surface area contributed by atoms with E-state index in [1.54, 1.807) is 6.07 Å². The Bertz CT molecular complexity index is 803. The van der Waals surface area contributed by atoms with Gasteiger partial charge in [0.15, 0.2) is 0 Å². The second-order valence-electron chi connectivity index (χ2n) is 7.50. The summed E-state index contributed by atoms with van der Waals surface area (Å²) in [5.74, 6) is 0. The van der Waals surface area contributed by atoms with E-state index >= 15 is 0 Å². The number of fused-ring (bicyclic) bond motifs is 1. The molecule has 0 N–H and O–H groups in total. The predicted octanol–water partition coefficient (Wildman–Crippen LogP) is 3.60. The Balaban J connectivity index is 0.00000392. The molecule has 2 aromatic carbocycles. The van der Waals surface area contributed by atoms with Gasteiger partial charge in [0, 0.05) is 0 Å². The van der Waals surface area contributed by atoms with Gasteiger partial charge in [-0.15, -0.1) is 0 Å². The Morgan fingerprint density at radius 2 is 1.29 bits per heavy atom. The van der Waals surface area contributed by atoms with E-state index < -0.39 is 10.1 Å². The molecule has 0 amide bonds. The molecule has 0 atom stereocenters. The first-order chi connectivity index (χ1) is 13.0. The van der Waals surface area contributed by atoms with Gasteiger partial charge in [-0.1, -0.05) is 101 Å². The van der Waals surface area contributed by atoms with Crippen molar-refractivity contribution in [3.63, 3.8) is 0 Å². The topological polar surface area (TPSA) is 57.2 Å². The fourth-order valence-corrected chi connectivity index (χ4v) is 4.52. The van der Waals surface area contributed by atoms with Crippen LogP contribution in [0.3, 0.4) is 0 Å². The zero-order chi connectivity index (χ0) is 19.5. The summed E-state index contributed by atoms with van der Waals surface area (Å²) >= 11 is 0. The number of rotatable bonds is 13. The van der Waals surface area contributed by atoms with Gasteiger partial charge in [0.25, 0.3) is 0 Å². The first-order valence-electron chi connectivity index (χ1n) is 10.5. The Morgan fingerprint density at radius 1 is 0.750 bits per heavy atom. The summed E-state index contributed by atoms with van der Waals surface area (Å²) < 4.78 is 34.9. The van der Waals surface area contributed by atoms with Crippen molar-refractivity contribution in [1.29, 1.82) is 0 Å². The van der Waals surface area contributed by atoms with E-state index in [1.807, 2.05) is 24.3 Å². The van der Waals surface area contributed by atoms with Gasteiger partial charge < -0.3 is 4.55 Å². The molecule has 2 aromatic rings. The van der Waals surface area contributed by atoms with Crippen molar-refractivity contribution in [1.82, 2.24) is 0 Å². The fourth-order valence-electron chi connectivity index (χ4n) is 3.77. The standard InChI is InChI=1S/C23H34O3S.K/c1-2-3-4-5-6-7-8-9-10-11-12-17-22-21-16-14-13-15-20(21)18-19-23(22)27(24,25)26;/h13-16,18-19H,2-12,17H2,1H3,(H,24,25,26);/q;+1/p-1. The average molecular weight is 429 g/mol. The van der Waals surface area contributed by atoms with Crippen LogP contribution in [-0.2, 0) is 16.5 Å². The van der Waals surface area contributed by atoms with Gasteiger partial charge >= 0.3 is 51.4 Å². The molecule has 0 saturated carbocycles. The van der Waals surface area contributed by atoms with E-state index in [-0.39, 0.29) is 56.3 Å². The first kappa shape index (κ1) is 26.3. The summed E-state index contributed by atoms with van der Waals surface area (Å²) in [6.07, 6.45) is 14.4. The van der Waals surface area contributed by atoms with E-state index in [4.69, 9.17) is 0 Å². The summed E-state index contributed by atoms with van der Waals surface area (Å²) in [5.41, 5.74) is 0.694. The molecule has 0 aliphatic heterocycles. The van der Waals surface area contributed by atoms with Crippen molar-refractivity contribution in [3.8, 4) is 0 Å². The number of benzene rings is 2. The van der Waals surface area contributed by atoms with Crippen molar-refractivity contribution in [2.45, 2.75) is 88.9 Å². The van der Waals surface area contributed by atoms with Gasteiger partial charge in [0.2, 0.25) is 0 Å². The Morgan fingerprint density at radius 3 is 1.86 bits per heavy atom. The maximum absolute atomic E-state index is 11.6. The van der Waals surface area contributed by atoms with Gasteiger partial charge in [0.05, 0.1) is 4.90 Å². The van der Waals surface area contributed by atoms with E-state index in [0.29, 0.717) is 12.0 Å². The second-order valence-corrected chi connectivity index (χ2v) is 8.85. The zero-order valence-corrected chi connectivity index (χ0v) is 21.5. The molecule has 2 rings (SSSR count). The van der Waals surface area contributed by atoms with Gasteiger partial charge in [-0.2, -0.15) is 0 Å². The molecule has 0 heterocycles. The molecule has 0 unspecified atom stereocenters. The fraction of sp³-hybridized carbons (Fsp3) is 0.565. The Kier molecular flexibility index (Phi) is 13.4. The minimum atomic E-state index is -4.44. The summed E-state index contributed by atoms with van der Waals surface area (Å²) in [6.45, 7) is 2.24. The Hall–Kier alpha value is 0.246. The number of hydrogen-bond acceptors (Lipinski definition) is 3. The SMILES string of the molecule is CCCCCCCCCCCCCc1c(S(=O)(=O)[O-])ccc2ccccc12.[K+]. The summed E-state index contributed by atoms with van der Waals surface area (Å²) in [5, 5.41) is 1.88. The van der Waals surface area contributed by atoms with Crippen molar-refractivity contribution in [2.24, 2.45) is 0 Å². The summed E-state index contributed by atoms with van der Waals surface area (Å²) in [6, 6.07) is 10.9. The number of aryl methyl sites for hydroxylation is 1. The molecule has 0 aliphatic rings. The third kappa shape index (κ3) is 8.94. The number of hydrogen-bond donors (Lipinski definition) is 0.